The van der Waals surface area contributed by atoms with Crippen molar-refractivity contribution in [1.82, 2.24) is 29.7 Å². The molecule has 0 spiro atoms. The number of carbonyl (C=O) groups is 1. The van der Waals surface area contributed by atoms with Crippen LogP contribution in [0.4, 0.5) is 17.3 Å². The van der Waals surface area contributed by atoms with Crippen LogP contribution in [0.1, 0.15) is 37.3 Å². The third-order valence-electron chi connectivity index (χ3n) is 6.72. The van der Waals surface area contributed by atoms with Crippen LogP contribution in [0, 0.1) is 0 Å². The molecule has 4 N–H and O–H groups in total. The van der Waals surface area contributed by atoms with Crippen LogP contribution < -0.4 is 10.6 Å². The van der Waals surface area contributed by atoms with E-state index in [9.17, 15) is 9.90 Å². The average Bonchev–Trinajstić information content (AvgIpc) is 3.56. The lowest BCUT2D eigenvalue weighted by Crippen LogP contribution is -2.32. The first kappa shape index (κ1) is 23.0. The molecule has 3 aromatic heterocycles. The number of benzene rings is 1. The largest absolute Gasteiger partial charge is 0.392 e. The van der Waals surface area contributed by atoms with Crippen LogP contribution in [0.15, 0.2) is 58.7 Å². The highest BCUT2D eigenvalue weighted by atomic mass is 32.2. The van der Waals surface area contributed by atoms with Gasteiger partial charge in [0.2, 0.25) is 11.1 Å². The Hall–Kier alpha value is -3.41. The van der Waals surface area contributed by atoms with Crippen molar-refractivity contribution in [2.75, 3.05) is 30.3 Å². The molecule has 1 saturated carbocycles. The predicted octanol–water partition coefficient (Wildman–Crippen LogP) is 3.62. The van der Waals surface area contributed by atoms with Crippen molar-refractivity contribution in [3.8, 4) is 0 Å². The van der Waals surface area contributed by atoms with Crippen LogP contribution in [-0.4, -0.2) is 66.4 Å². The lowest BCUT2D eigenvalue weighted by molar-refractivity contribution is -0.117. The van der Waals surface area contributed by atoms with Crippen LogP contribution in [-0.2, 0) is 4.79 Å². The molecule has 2 aliphatic rings. The smallest absolute Gasteiger partial charge is 0.238 e. The fourth-order valence-electron chi connectivity index (χ4n) is 4.57. The Morgan fingerprint density at radius 1 is 1.19 bits per heavy atom. The summed E-state index contributed by atoms with van der Waals surface area (Å²) in [4.78, 5) is 20.0. The minimum atomic E-state index is -0.332. The first-order valence-corrected chi connectivity index (χ1v) is 13.1. The number of fused-ring (bicyclic) bond motifs is 1. The van der Waals surface area contributed by atoms with Crippen LogP contribution in [0.25, 0.3) is 5.52 Å². The van der Waals surface area contributed by atoms with Gasteiger partial charge in [-0.3, -0.25) is 14.8 Å². The maximum Gasteiger partial charge on any atom is 0.238 e. The van der Waals surface area contributed by atoms with E-state index in [-0.39, 0.29) is 18.6 Å². The summed E-state index contributed by atoms with van der Waals surface area (Å²) in [5, 5.41) is 28.7. The number of anilines is 3. The molecule has 1 atom stereocenters. The summed E-state index contributed by atoms with van der Waals surface area (Å²) >= 11 is 1.45. The van der Waals surface area contributed by atoms with E-state index < -0.39 is 0 Å². The number of amides is 1. The molecule has 1 aliphatic carbocycles. The highest BCUT2D eigenvalue weighted by molar-refractivity contribution is 7.99. The molecule has 1 aromatic carbocycles. The second-order valence-corrected chi connectivity index (χ2v) is 10.4. The quantitative estimate of drug-likeness (QED) is 0.287. The van der Waals surface area contributed by atoms with Crippen LogP contribution >= 0.6 is 11.8 Å². The van der Waals surface area contributed by atoms with Crippen molar-refractivity contribution < 1.29 is 9.90 Å². The Morgan fingerprint density at radius 2 is 2.06 bits per heavy atom. The molecule has 36 heavy (non-hydrogen) atoms. The molecule has 0 radical (unpaired) electrons. The van der Waals surface area contributed by atoms with E-state index in [0.717, 1.165) is 34.9 Å². The minimum Gasteiger partial charge on any atom is -0.392 e. The maximum atomic E-state index is 12.3. The number of aromatic nitrogens is 5. The predicted molar refractivity (Wildman–Crippen MR) is 138 cm³/mol. The van der Waals surface area contributed by atoms with E-state index in [4.69, 9.17) is 4.98 Å². The third-order valence-corrected chi connectivity index (χ3v) is 7.59. The average molecular weight is 505 g/mol. The SMILES string of the molecule is O=C(CN1CC[C@@H](O)C1)Nc1ccc(Sc2nc(Nc3cc(C4CCC4)[nH]n3)c3cccn3n2)cc1. The summed E-state index contributed by atoms with van der Waals surface area (Å²) in [6.45, 7) is 1.58. The second kappa shape index (κ2) is 9.92. The van der Waals surface area contributed by atoms with Crippen molar-refractivity contribution in [2.24, 2.45) is 0 Å². The maximum absolute atomic E-state index is 12.3. The Labute approximate surface area is 212 Å². The molecule has 1 saturated heterocycles. The molecular weight excluding hydrogens is 476 g/mol. The number of nitrogens with zero attached hydrogens (tertiary/aromatic N) is 5. The van der Waals surface area contributed by atoms with Crippen LogP contribution in [0.5, 0.6) is 0 Å². The second-order valence-electron chi connectivity index (χ2n) is 9.39. The highest BCUT2D eigenvalue weighted by Crippen LogP contribution is 2.36. The van der Waals surface area contributed by atoms with Gasteiger partial charge < -0.3 is 15.7 Å². The summed E-state index contributed by atoms with van der Waals surface area (Å²) in [6.07, 6.45) is 5.99. The zero-order valence-corrected chi connectivity index (χ0v) is 20.5. The van der Waals surface area contributed by atoms with E-state index in [1.165, 1.54) is 36.7 Å². The van der Waals surface area contributed by atoms with Gasteiger partial charge in [0.1, 0.15) is 5.52 Å². The summed E-state index contributed by atoms with van der Waals surface area (Å²) in [6, 6.07) is 13.6. The zero-order chi connectivity index (χ0) is 24.5. The lowest BCUT2D eigenvalue weighted by atomic mass is 9.83. The monoisotopic (exact) mass is 504 g/mol. The number of hydrogen-bond acceptors (Lipinski definition) is 8. The molecule has 1 amide bonds. The highest BCUT2D eigenvalue weighted by Gasteiger charge is 2.23. The number of aliphatic hydroxyl groups excluding tert-OH is 1. The number of hydrogen-bond donors (Lipinski definition) is 4. The number of H-pyrrole nitrogens is 1. The van der Waals surface area contributed by atoms with Gasteiger partial charge in [-0.1, -0.05) is 6.42 Å². The van der Waals surface area contributed by atoms with Gasteiger partial charge in [0.05, 0.1) is 12.6 Å². The summed E-state index contributed by atoms with van der Waals surface area (Å²) in [7, 11) is 0. The van der Waals surface area contributed by atoms with Gasteiger partial charge in [-0.05, 0) is 67.4 Å². The van der Waals surface area contributed by atoms with E-state index in [1.807, 2.05) is 47.5 Å². The van der Waals surface area contributed by atoms with Gasteiger partial charge in [-0.2, -0.15) is 5.10 Å². The topological polar surface area (TPSA) is 123 Å². The fraction of sp³-hybridized carbons (Fsp3) is 0.360. The van der Waals surface area contributed by atoms with Crippen molar-refractivity contribution in [3.63, 3.8) is 0 Å². The van der Waals surface area contributed by atoms with E-state index in [1.54, 1.807) is 4.52 Å². The molecule has 10 nitrogen and oxygen atoms in total. The number of aromatic amines is 1. The minimum absolute atomic E-state index is 0.0829. The van der Waals surface area contributed by atoms with Crippen LogP contribution in [0.3, 0.4) is 0 Å². The lowest BCUT2D eigenvalue weighted by Gasteiger charge is -2.23. The standard InChI is InChI=1S/C25H28N8O2S/c34-18-10-12-32(14-18)15-23(35)26-17-6-8-19(9-7-17)36-25-28-24(21-5-2-11-33(21)31-25)27-22-13-20(29-30-22)16-3-1-4-16/h2,5-9,11,13,16,18,34H,1,3-4,10,12,14-15H2,(H,26,35)(H2,27,28,29,30,31)/t18-/m1/s1. The van der Waals surface area contributed by atoms with Gasteiger partial charge in [0.25, 0.3) is 0 Å². The first-order valence-electron chi connectivity index (χ1n) is 12.2. The number of nitrogens with one attached hydrogen (secondary N) is 3. The zero-order valence-electron chi connectivity index (χ0n) is 19.7. The Kier molecular flexibility index (Phi) is 6.34. The Morgan fingerprint density at radius 3 is 2.81 bits per heavy atom. The van der Waals surface area contributed by atoms with E-state index in [0.29, 0.717) is 23.4 Å². The number of carbonyl (C=O) groups excluding carboxylic acids is 1. The first-order chi connectivity index (χ1) is 17.6. The molecule has 11 heteroatoms. The molecule has 0 unspecified atom stereocenters. The molecule has 0 bridgehead atoms. The molecular formula is C25H28N8O2S. The van der Waals surface area contributed by atoms with Gasteiger partial charge in [-0.15, -0.1) is 5.10 Å². The van der Waals surface area contributed by atoms with Crippen molar-refractivity contribution in [1.29, 1.82) is 0 Å². The van der Waals surface area contributed by atoms with Gasteiger partial charge in [0.15, 0.2) is 11.6 Å². The van der Waals surface area contributed by atoms with Gasteiger partial charge in [-0.25, -0.2) is 9.50 Å². The Bertz CT molecular complexity index is 1360. The third kappa shape index (κ3) is 5.08. The van der Waals surface area contributed by atoms with Gasteiger partial charge >= 0.3 is 0 Å². The Balaban J connectivity index is 1.12. The summed E-state index contributed by atoms with van der Waals surface area (Å²) in [5.41, 5.74) is 2.77. The van der Waals surface area contributed by atoms with E-state index >= 15 is 0 Å². The molecule has 4 heterocycles. The molecule has 6 rings (SSSR count). The van der Waals surface area contributed by atoms with Crippen molar-refractivity contribution in [2.45, 2.75) is 47.8 Å². The number of likely N-dealkylation sites (tertiary alicyclic amines) is 1. The molecule has 1 aliphatic heterocycles. The van der Waals surface area contributed by atoms with Crippen molar-refractivity contribution in [3.05, 3.63) is 54.4 Å². The number of rotatable bonds is 8. The molecule has 186 valence electrons. The normalized spacial score (nSPS) is 18.4. The van der Waals surface area contributed by atoms with Gasteiger partial charge in [0, 0.05) is 47.5 Å². The number of aliphatic hydroxyl groups is 1. The number of β-amino-alcohol motifs (C(OH)–C–C–N with tert-alkyl or cyclic N) is 1. The van der Waals surface area contributed by atoms with Crippen molar-refractivity contribution >= 4 is 40.5 Å². The summed E-state index contributed by atoms with van der Waals surface area (Å²) < 4.78 is 1.81. The fourth-order valence-corrected chi connectivity index (χ4v) is 5.32. The van der Waals surface area contributed by atoms with E-state index in [2.05, 4.69) is 32.0 Å². The summed E-state index contributed by atoms with van der Waals surface area (Å²) in [5.74, 6) is 1.94. The van der Waals surface area contributed by atoms with Crippen LogP contribution in [0.2, 0.25) is 0 Å². The molecule has 4 aromatic rings. The molecule has 2 fully saturated rings.